The highest BCUT2D eigenvalue weighted by Gasteiger charge is 2.07. The van der Waals surface area contributed by atoms with Crippen molar-refractivity contribution < 1.29 is 4.74 Å². The van der Waals surface area contributed by atoms with E-state index >= 15 is 0 Å². The smallest absolute Gasteiger partial charge is 0.246 e. The van der Waals surface area contributed by atoms with Gasteiger partial charge in [-0.3, -0.25) is 10.2 Å². The van der Waals surface area contributed by atoms with E-state index in [4.69, 9.17) is 10.5 Å². The van der Waals surface area contributed by atoms with Crippen LogP contribution in [0.25, 0.3) is 22.3 Å². The largest absolute Gasteiger partial charge is 0.494 e. The van der Waals surface area contributed by atoms with Crippen LogP contribution in [0.2, 0.25) is 0 Å². The lowest BCUT2D eigenvalue weighted by molar-refractivity contribution is 0.313. The van der Waals surface area contributed by atoms with Gasteiger partial charge in [0.05, 0.1) is 18.3 Å². The molecule has 0 saturated carbocycles. The highest BCUT2D eigenvalue weighted by Crippen LogP contribution is 2.23. The summed E-state index contributed by atoms with van der Waals surface area (Å²) in [6.07, 6.45) is 2.62. The molecule has 0 unspecified atom stereocenters. The number of rotatable bonds is 7. The molecule has 0 saturated heterocycles. The standard InChI is InChI=1S/C18H19N7O.C2H6/c19-8-1-9-26-15-5-2-12(3-6-15)17-22-18(25-24-17)21-14-4-7-16-13(10-14)11-20-23-16;1-2/h2-7,10-11H,1,8-9,19H2,(H,20,23)(H2,21,22,24,25);1-2H3. The van der Waals surface area contributed by atoms with Crippen LogP contribution in [0, 0.1) is 0 Å². The molecule has 0 aliphatic heterocycles. The Morgan fingerprint density at radius 1 is 1.07 bits per heavy atom. The van der Waals surface area contributed by atoms with Crippen LogP contribution in [0.1, 0.15) is 20.3 Å². The van der Waals surface area contributed by atoms with Crippen molar-refractivity contribution in [2.75, 3.05) is 18.5 Å². The van der Waals surface area contributed by atoms with Crippen molar-refractivity contribution in [1.82, 2.24) is 25.4 Å². The van der Waals surface area contributed by atoms with E-state index in [2.05, 4.69) is 30.7 Å². The Hall–Kier alpha value is -3.39. The first-order valence-corrected chi connectivity index (χ1v) is 9.38. The van der Waals surface area contributed by atoms with Crippen molar-refractivity contribution >= 4 is 22.5 Å². The third-order valence-corrected chi connectivity index (χ3v) is 3.93. The van der Waals surface area contributed by atoms with Gasteiger partial charge in [-0.25, -0.2) is 0 Å². The molecule has 0 atom stereocenters. The zero-order valence-electron chi connectivity index (χ0n) is 16.1. The van der Waals surface area contributed by atoms with Crippen molar-refractivity contribution in [3.8, 4) is 17.1 Å². The van der Waals surface area contributed by atoms with Crippen molar-refractivity contribution in [2.24, 2.45) is 5.73 Å². The molecule has 2 aromatic heterocycles. The number of nitrogens with two attached hydrogens (primary N) is 1. The van der Waals surface area contributed by atoms with Gasteiger partial charge in [0, 0.05) is 16.6 Å². The summed E-state index contributed by atoms with van der Waals surface area (Å²) in [5, 5.41) is 18.3. The van der Waals surface area contributed by atoms with E-state index in [0.717, 1.165) is 34.3 Å². The minimum atomic E-state index is 0.506. The van der Waals surface area contributed by atoms with Gasteiger partial charge >= 0.3 is 0 Å². The molecule has 0 fully saturated rings. The number of fused-ring (bicyclic) bond motifs is 1. The second kappa shape index (κ2) is 9.52. The van der Waals surface area contributed by atoms with Crippen molar-refractivity contribution in [2.45, 2.75) is 20.3 Å². The summed E-state index contributed by atoms with van der Waals surface area (Å²) in [7, 11) is 0. The molecule has 4 aromatic rings. The van der Waals surface area contributed by atoms with Gasteiger partial charge in [0.25, 0.3) is 0 Å². The lowest BCUT2D eigenvalue weighted by atomic mass is 10.2. The van der Waals surface area contributed by atoms with E-state index in [1.165, 1.54) is 0 Å². The van der Waals surface area contributed by atoms with Crippen LogP contribution < -0.4 is 15.8 Å². The molecule has 0 bridgehead atoms. The predicted molar refractivity (Wildman–Crippen MR) is 112 cm³/mol. The molecule has 0 spiro atoms. The van der Waals surface area contributed by atoms with E-state index in [9.17, 15) is 0 Å². The zero-order chi connectivity index (χ0) is 19.8. The van der Waals surface area contributed by atoms with Crippen LogP contribution in [0.5, 0.6) is 5.75 Å². The van der Waals surface area contributed by atoms with Crippen molar-refractivity contribution in [1.29, 1.82) is 0 Å². The molecule has 28 heavy (non-hydrogen) atoms. The van der Waals surface area contributed by atoms with Crippen molar-refractivity contribution in [3.63, 3.8) is 0 Å². The molecular weight excluding hydrogens is 354 g/mol. The van der Waals surface area contributed by atoms with E-state index in [1.807, 2.05) is 56.3 Å². The SMILES string of the molecule is CC.NCCCOc1ccc(-c2nc(Nc3ccc4[nH]ncc4c3)n[nH]2)cc1. The molecule has 0 amide bonds. The molecule has 0 aliphatic carbocycles. The lowest BCUT2D eigenvalue weighted by Gasteiger charge is -2.05. The maximum atomic E-state index is 5.60. The quantitative estimate of drug-likeness (QED) is 0.362. The van der Waals surface area contributed by atoms with E-state index in [-0.39, 0.29) is 0 Å². The first-order valence-electron chi connectivity index (χ1n) is 9.38. The van der Waals surface area contributed by atoms with Gasteiger partial charge in [0.1, 0.15) is 5.75 Å². The number of H-pyrrole nitrogens is 2. The van der Waals surface area contributed by atoms with E-state index in [0.29, 0.717) is 24.9 Å². The average Bonchev–Trinajstić information content (AvgIpc) is 3.39. The topological polar surface area (TPSA) is 118 Å². The number of nitrogens with one attached hydrogen (secondary N) is 3. The minimum absolute atomic E-state index is 0.506. The van der Waals surface area contributed by atoms with Crippen LogP contribution in [0.15, 0.2) is 48.7 Å². The Balaban J connectivity index is 0.00000109. The summed E-state index contributed by atoms with van der Waals surface area (Å²) in [6, 6.07) is 13.6. The summed E-state index contributed by atoms with van der Waals surface area (Å²) in [5.74, 6) is 2.00. The highest BCUT2D eigenvalue weighted by atomic mass is 16.5. The Morgan fingerprint density at radius 2 is 1.89 bits per heavy atom. The van der Waals surface area contributed by atoms with E-state index < -0.39 is 0 Å². The predicted octanol–water partition coefficient (Wildman–Crippen LogP) is 3.85. The Morgan fingerprint density at radius 3 is 2.68 bits per heavy atom. The van der Waals surface area contributed by atoms with Gasteiger partial charge in [-0.2, -0.15) is 10.1 Å². The third kappa shape index (κ3) is 4.66. The molecular formula is C20H25N7O. The number of aromatic nitrogens is 5. The minimum Gasteiger partial charge on any atom is -0.494 e. The van der Waals surface area contributed by atoms with E-state index in [1.54, 1.807) is 6.20 Å². The molecule has 0 aliphatic rings. The van der Waals surface area contributed by atoms with Crippen LogP contribution in [0.3, 0.4) is 0 Å². The Bertz CT molecular complexity index is 991. The molecule has 146 valence electrons. The maximum absolute atomic E-state index is 5.60. The summed E-state index contributed by atoms with van der Waals surface area (Å²) in [4.78, 5) is 4.49. The normalized spacial score (nSPS) is 10.4. The number of hydrogen-bond donors (Lipinski definition) is 4. The monoisotopic (exact) mass is 379 g/mol. The molecule has 5 N–H and O–H groups in total. The number of ether oxygens (including phenoxy) is 1. The van der Waals surface area contributed by atoms with Gasteiger partial charge in [-0.1, -0.05) is 13.8 Å². The first-order chi connectivity index (χ1) is 13.8. The second-order valence-electron chi connectivity index (χ2n) is 5.82. The van der Waals surface area contributed by atoms with Gasteiger partial charge in [-0.05, 0) is 55.4 Å². The number of benzene rings is 2. The number of hydrogen-bond acceptors (Lipinski definition) is 6. The fourth-order valence-corrected chi connectivity index (χ4v) is 2.58. The fraction of sp³-hybridized carbons (Fsp3) is 0.250. The molecule has 8 heteroatoms. The number of aromatic amines is 2. The lowest BCUT2D eigenvalue weighted by Crippen LogP contribution is -2.05. The van der Waals surface area contributed by atoms with Gasteiger partial charge in [-0.15, -0.1) is 5.10 Å². The average molecular weight is 379 g/mol. The second-order valence-corrected chi connectivity index (χ2v) is 5.82. The maximum Gasteiger partial charge on any atom is 0.246 e. The van der Waals surface area contributed by atoms with Crippen LogP contribution in [-0.2, 0) is 0 Å². The summed E-state index contributed by atoms with van der Waals surface area (Å²) in [5.41, 5.74) is 8.28. The molecule has 0 radical (unpaired) electrons. The number of anilines is 2. The molecule has 2 heterocycles. The summed E-state index contributed by atoms with van der Waals surface area (Å²) in [6.45, 7) is 5.24. The van der Waals surface area contributed by atoms with Crippen molar-refractivity contribution in [3.05, 3.63) is 48.7 Å². The van der Waals surface area contributed by atoms with Gasteiger partial charge in [0.15, 0.2) is 5.82 Å². The third-order valence-electron chi connectivity index (χ3n) is 3.93. The van der Waals surface area contributed by atoms with Crippen LogP contribution in [-0.4, -0.2) is 38.5 Å². The summed E-state index contributed by atoms with van der Waals surface area (Å²) >= 11 is 0. The van der Waals surface area contributed by atoms with Crippen LogP contribution >= 0.6 is 0 Å². The Labute approximate surface area is 163 Å². The van der Waals surface area contributed by atoms with Crippen LogP contribution in [0.4, 0.5) is 11.6 Å². The molecule has 4 rings (SSSR count). The van der Waals surface area contributed by atoms with Gasteiger partial charge < -0.3 is 15.8 Å². The highest BCUT2D eigenvalue weighted by molar-refractivity contribution is 5.82. The van der Waals surface area contributed by atoms with Gasteiger partial charge in [0.2, 0.25) is 5.95 Å². The zero-order valence-corrected chi connectivity index (χ0v) is 16.1. The Kier molecular flexibility index (Phi) is 6.59. The fourth-order valence-electron chi connectivity index (χ4n) is 2.58. The summed E-state index contributed by atoms with van der Waals surface area (Å²) < 4.78 is 5.60. The molecule has 8 nitrogen and oxygen atoms in total. The first kappa shape index (κ1) is 19.4. The molecule has 2 aromatic carbocycles. The number of nitrogens with zero attached hydrogens (tertiary/aromatic N) is 3.